The highest BCUT2D eigenvalue weighted by atomic mass is 16.5. The van der Waals surface area contributed by atoms with E-state index in [4.69, 9.17) is 4.74 Å². The second-order valence-electron chi connectivity index (χ2n) is 4.30. The lowest BCUT2D eigenvalue weighted by molar-refractivity contribution is 0.127. The van der Waals surface area contributed by atoms with Crippen LogP contribution in [0.3, 0.4) is 0 Å². The molecule has 0 radical (unpaired) electrons. The summed E-state index contributed by atoms with van der Waals surface area (Å²) in [5.74, 6) is 0. The molecule has 1 rings (SSSR count). The fourth-order valence-corrected chi connectivity index (χ4v) is 1.64. The van der Waals surface area contributed by atoms with Crippen LogP contribution in [0.2, 0.25) is 0 Å². The van der Waals surface area contributed by atoms with Crippen LogP contribution in [0.5, 0.6) is 0 Å². The van der Waals surface area contributed by atoms with Gasteiger partial charge in [-0.1, -0.05) is 18.2 Å². The summed E-state index contributed by atoms with van der Waals surface area (Å²) in [5, 5.41) is 3.48. The summed E-state index contributed by atoms with van der Waals surface area (Å²) < 4.78 is 5.38. The molecule has 1 N–H and O–H groups in total. The van der Waals surface area contributed by atoms with Crippen LogP contribution in [0.25, 0.3) is 0 Å². The van der Waals surface area contributed by atoms with Crippen molar-refractivity contribution in [3.63, 3.8) is 0 Å². The van der Waals surface area contributed by atoms with Gasteiger partial charge in [0.15, 0.2) is 0 Å². The molecule has 0 bridgehead atoms. The molecular weight excluding hydrogens is 198 g/mol. The van der Waals surface area contributed by atoms with Gasteiger partial charge in [-0.15, -0.1) is 0 Å². The summed E-state index contributed by atoms with van der Waals surface area (Å²) in [5.41, 5.74) is 4.12. The first kappa shape index (κ1) is 13.2. The second kappa shape index (κ2) is 6.66. The molecule has 2 heteroatoms. The van der Waals surface area contributed by atoms with Gasteiger partial charge >= 0.3 is 0 Å². The lowest BCUT2D eigenvalue weighted by atomic mass is 10.0. The molecule has 0 aliphatic rings. The molecule has 2 nitrogen and oxygen atoms in total. The average molecular weight is 221 g/mol. The summed E-state index contributed by atoms with van der Waals surface area (Å²) in [6.45, 7) is 11.0. The molecule has 16 heavy (non-hydrogen) atoms. The van der Waals surface area contributed by atoms with E-state index in [9.17, 15) is 0 Å². The van der Waals surface area contributed by atoms with E-state index < -0.39 is 0 Å². The van der Waals surface area contributed by atoms with Crippen molar-refractivity contribution in [2.24, 2.45) is 0 Å². The zero-order valence-electron chi connectivity index (χ0n) is 10.8. The largest absolute Gasteiger partial charge is 0.380 e. The van der Waals surface area contributed by atoms with E-state index in [-0.39, 0.29) is 0 Å². The third-order valence-corrected chi connectivity index (χ3v) is 2.93. The molecule has 1 unspecified atom stereocenters. The predicted octanol–water partition coefficient (Wildman–Crippen LogP) is 2.82. The normalized spacial score (nSPS) is 12.8. The third kappa shape index (κ3) is 3.95. The second-order valence-corrected chi connectivity index (χ2v) is 4.30. The molecule has 0 aliphatic heterocycles. The Kier molecular flexibility index (Phi) is 5.50. The van der Waals surface area contributed by atoms with Crippen molar-refractivity contribution < 1.29 is 4.74 Å². The molecule has 0 aliphatic carbocycles. The van der Waals surface area contributed by atoms with Gasteiger partial charge in [0, 0.05) is 19.2 Å². The lowest BCUT2D eigenvalue weighted by Crippen LogP contribution is -2.30. The summed E-state index contributed by atoms with van der Waals surface area (Å²) >= 11 is 0. The molecule has 90 valence electrons. The van der Waals surface area contributed by atoms with Gasteiger partial charge < -0.3 is 10.1 Å². The van der Waals surface area contributed by atoms with Crippen LogP contribution in [0, 0.1) is 13.8 Å². The third-order valence-electron chi connectivity index (χ3n) is 2.93. The van der Waals surface area contributed by atoms with Gasteiger partial charge in [-0.2, -0.15) is 0 Å². The first-order valence-electron chi connectivity index (χ1n) is 6.01. The van der Waals surface area contributed by atoms with Gasteiger partial charge in [0.25, 0.3) is 0 Å². The Morgan fingerprint density at radius 3 is 2.75 bits per heavy atom. The minimum absolute atomic E-state index is 0.403. The average Bonchev–Trinajstić information content (AvgIpc) is 2.28. The van der Waals surface area contributed by atoms with Crippen LogP contribution < -0.4 is 5.32 Å². The maximum Gasteiger partial charge on any atom is 0.0616 e. The van der Waals surface area contributed by atoms with Crippen molar-refractivity contribution in [3.05, 3.63) is 34.9 Å². The maximum atomic E-state index is 5.38. The van der Waals surface area contributed by atoms with Crippen LogP contribution in [-0.4, -0.2) is 19.3 Å². The first-order valence-corrected chi connectivity index (χ1v) is 6.01. The Morgan fingerprint density at radius 2 is 2.06 bits per heavy atom. The molecule has 1 atom stereocenters. The predicted molar refractivity (Wildman–Crippen MR) is 68.7 cm³/mol. The first-order chi connectivity index (χ1) is 7.65. The molecule has 0 heterocycles. The van der Waals surface area contributed by atoms with Gasteiger partial charge in [0.05, 0.1) is 6.61 Å². The number of rotatable bonds is 6. The fourth-order valence-electron chi connectivity index (χ4n) is 1.64. The highest BCUT2D eigenvalue weighted by Gasteiger charge is 2.03. The van der Waals surface area contributed by atoms with Gasteiger partial charge in [-0.25, -0.2) is 0 Å². The molecular formula is C14H23NO. The Bertz CT molecular complexity index is 323. The molecule has 1 aromatic rings. The van der Waals surface area contributed by atoms with Crippen LogP contribution in [0.15, 0.2) is 18.2 Å². The molecule has 0 saturated heterocycles. The number of nitrogens with one attached hydrogen (secondary N) is 1. The molecule has 0 aromatic heterocycles. The van der Waals surface area contributed by atoms with Crippen LogP contribution in [-0.2, 0) is 11.3 Å². The Balaban J connectivity index is 2.45. The molecule has 0 fully saturated rings. The monoisotopic (exact) mass is 221 g/mol. The van der Waals surface area contributed by atoms with E-state index in [2.05, 4.69) is 44.3 Å². The standard InChI is InChI=1S/C14H23NO/c1-5-16-10-12(3)15-9-14-8-6-7-11(2)13(14)4/h6-8,12,15H,5,9-10H2,1-4H3. The minimum atomic E-state index is 0.403. The van der Waals surface area contributed by atoms with E-state index in [1.54, 1.807) is 0 Å². The van der Waals surface area contributed by atoms with Gasteiger partial charge in [0.2, 0.25) is 0 Å². The number of benzene rings is 1. The summed E-state index contributed by atoms with van der Waals surface area (Å²) in [4.78, 5) is 0. The topological polar surface area (TPSA) is 21.3 Å². The van der Waals surface area contributed by atoms with Gasteiger partial charge in [0.1, 0.15) is 0 Å². The van der Waals surface area contributed by atoms with Gasteiger partial charge in [-0.05, 0) is 44.4 Å². The zero-order valence-corrected chi connectivity index (χ0v) is 10.8. The van der Waals surface area contributed by atoms with Crippen molar-refractivity contribution in [2.45, 2.75) is 40.3 Å². The highest BCUT2D eigenvalue weighted by molar-refractivity contribution is 5.32. The SMILES string of the molecule is CCOCC(C)NCc1cccc(C)c1C. The van der Waals surface area contributed by atoms with Crippen molar-refractivity contribution in [2.75, 3.05) is 13.2 Å². The number of ether oxygens (including phenoxy) is 1. The summed E-state index contributed by atoms with van der Waals surface area (Å²) in [6, 6.07) is 6.86. The van der Waals surface area contributed by atoms with E-state index in [1.807, 2.05) is 6.92 Å². The van der Waals surface area contributed by atoms with Crippen LogP contribution >= 0.6 is 0 Å². The smallest absolute Gasteiger partial charge is 0.0616 e. The van der Waals surface area contributed by atoms with E-state index in [0.717, 1.165) is 19.8 Å². The lowest BCUT2D eigenvalue weighted by Gasteiger charge is -2.15. The Hall–Kier alpha value is -0.860. The summed E-state index contributed by atoms with van der Waals surface area (Å²) in [6.07, 6.45) is 0. The summed E-state index contributed by atoms with van der Waals surface area (Å²) in [7, 11) is 0. The van der Waals surface area contributed by atoms with Crippen molar-refractivity contribution >= 4 is 0 Å². The molecule has 0 saturated carbocycles. The fraction of sp³-hybridized carbons (Fsp3) is 0.571. The molecule has 0 spiro atoms. The zero-order chi connectivity index (χ0) is 12.0. The van der Waals surface area contributed by atoms with Crippen molar-refractivity contribution in [1.82, 2.24) is 5.32 Å². The molecule has 1 aromatic carbocycles. The van der Waals surface area contributed by atoms with E-state index in [0.29, 0.717) is 6.04 Å². The van der Waals surface area contributed by atoms with E-state index >= 15 is 0 Å². The maximum absolute atomic E-state index is 5.38. The van der Waals surface area contributed by atoms with Crippen LogP contribution in [0.4, 0.5) is 0 Å². The Morgan fingerprint density at radius 1 is 1.31 bits per heavy atom. The van der Waals surface area contributed by atoms with Crippen molar-refractivity contribution in [1.29, 1.82) is 0 Å². The van der Waals surface area contributed by atoms with Crippen molar-refractivity contribution in [3.8, 4) is 0 Å². The Labute approximate surface area is 99.0 Å². The van der Waals surface area contributed by atoms with E-state index in [1.165, 1.54) is 16.7 Å². The quantitative estimate of drug-likeness (QED) is 0.797. The number of hydrogen-bond acceptors (Lipinski definition) is 2. The molecule has 0 amide bonds. The minimum Gasteiger partial charge on any atom is -0.380 e. The number of aryl methyl sites for hydroxylation is 1. The van der Waals surface area contributed by atoms with Gasteiger partial charge in [-0.3, -0.25) is 0 Å². The highest BCUT2D eigenvalue weighted by Crippen LogP contribution is 2.12. The number of hydrogen-bond donors (Lipinski definition) is 1. The van der Waals surface area contributed by atoms with Crippen LogP contribution in [0.1, 0.15) is 30.5 Å².